The number of aromatic nitrogens is 2. The molecule has 0 spiro atoms. The van der Waals surface area contributed by atoms with Gasteiger partial charge in [0.05, 0.1) is 0 Å². The van der Waals surface area contributed by atoms with Gasteiger partial charge in [0.2, 0.25) is 0 Å². The lowest BCUT2D eigenvalue weighted by Crippen LogP contribution is -2.39. The van der Waals surface area contributed by atoms with Crippen molar-refractivity contribution in [1.29, 1.82) is 0 Å². The smallest absolute Gasteiger partial charge is 0.459 e. The number of nitrogens with zero attached hydrogens (tertiary/aromatic N) is 1. The Morgan fingerprint density at radius 1 is 1.20 bits per heavy atom. The van der Waals surface area contributed by atoms with Crippen molar-refractivity contribution in [2.45, 2.75) is 38.3 Å². The maximum atomic E-state index is 13.9. The SMILES string of the molecule is C#C[C@@]1(COP(=O)(N[C@@H](C)C(=O)OCc2ccccc2)Oc2ccccc2)C=C[C@H](n2cc(C)c(=O)[nH]c2=O)O1. The number of H-pyrrole nitrogens is 1. The topological polar surface area (TPSA) is 138 Å². The van der Waals surface area contributed by atoms with Crippen molar-refractivity contribution in [2.24, 2.45) is 0 Å². The number of benzene rings is 2. The molecule has 0 bridgehead atoms. The number of esters is 1. The van der Waals surface area contributed by atoms with Gasteiger partial charge in [0, 0.05) is 11.8 Å². The minimum absolute atomic E-state index is 0.0280. The van der Waals surface area contributed by atoms with Gasteiger partial charge >= 0.3 is 19.4 Å². The van der Waals surface area contributed by atoms with Gasteiger partial charge in [-0.3, -0.25) is 23.7 Å². The molecule has 2 heterocycles. The summed E-state index contributed by atoms with van der Waals surface area (Å²) in [6.07, 6.45) is 9.13. The summed E-state index contributed by atoms with van der Waals surface area (Å²) in [7, 11) is -4.25. The summed E-state index contributed by atoms with van der Waals surface area (Å²) in [4.78, 5) is 38.9. The first-order valence-corrected chi connectivity index (χ1v) is 13.8. The Morgan fingerprint density at radius 2 is 1.88 bits per heavy atom. The molecule has 2 N–H and O–H groups in total. The zero-order valence-electron chi connectivity index (χ0n) is 21.8. The van der Waals surface area contributed by atoms with Crippen molar-refractivity contribution in [3.8, 4) is 18.1 Å². The summed E-state index contributed by atoms with van der Waals surface area (Å²) in [6, 6.07) is 16.3. The third-order valence-corrected chi connectivity index (χ3v) is 7.50. The second-order valence-corrected chi connectivity index (χ2v) is 10.7. The van der Waals surface area contributed by atoms with Crippen LogP contribution in [0.3, 0.4) is 0 Å². The first-order valence-electron chi connectivity index (χ1n) is 12.3. The molecule has 2 aromatic carbocycles. The van der Waals surface area contributed by atoms with Gasteiger partial charge in [-0.05, 0) is 43.7 Å². The van der Waals surface area contributed by atoms with Crippen molar-refractivity contribution in [1.82, 2.24) is 14.6 Å². The van der Waals surface area contributed by atoms with E-state index in [0.717, 1.165) is 10.1 Å². The number of hydrogen-bond acceptors (Lipinski definition) is 8. The van der Waals surface area contributed by atoms with Gasteiger partial charge < -0.3 is 14.0 Å². The van der Waals surface area contributed by atoms with E-state index < -0.39 is 49.4 Å². The van der Waals surface area contributed by atoms with E-state index in [1.807, 2.05) is 30.3 Å². The molecular formula is C28H28N3O8P. The molecule has 1 aromatic heterocycles. The molecule has 1 aliphatic rings. The predicted molar refractivity (Wildman–Crippen MR) is 146 cm³/mol. The third-order valence-electron chi connectivity index (χ3n) is 5.87. The molecule has 11 nitrogen and oxygen atoms in total. The van der Waals surface area contributed by atoms with Crippen LogP contribution in [0.5, 0.6) is 5.75 Å². The molecular weight excluding hydrogens is 537 g/mol. The zero-order valence-corrected chi connectivity index (χ0v) is 22.7. The molecule has 1 aliphatic heterocycles. The third kappa shape index (κ3) is 7.05. The van der Waals surface area contributed by atoms with E-state index >= 15 is 0 Å². The molecule has 3 aromatic rings. The van der Waals surface area contributed by atoms with E-state index in [9.17, 15) is 18.9 Å². The van der Waals surface area contributed by atoms with Crippen LogP contribution in [0, 0.1) is 19.3 Å². The van der Waals surface area contributed by atoms with Crippen molar-refractivity contribution in [3.05, 3.63) is 111 Å². The predicted octanol–water partition coefficient (Wildman–Crippen LogP) is 3.23. The monoisotopic (exact) mass is 565 g/mol. The van der Waals surface area contributed by atoms with Crippen LogP contribution < -0.4 is 20.9 Å². The summed E-state index contributed by atoms with van der Waals surface area (Å²) < 4.78 is 37.7. The number of carbonyl (C=O) groups excluding carboxylic acids is 1. The van der Waals surface area contributed by atoms with Crippen molar-refractivity contribution in [2.75, 3.05) is 6.61 Å². The average molecular weight is 566 g/mol. The number of rotatable bonds is 11. The Bertz CT molecular complexity index is 1580. The molecule has 40 heavy (non-hydrogen) atoms. The second kappa shape index (κ2) is 12.3. The van der Waals surface area contributed by atoms with Crippen LogP contribution >= 0.6 is 7.75 Å². The Kier molecular flexibility index (Phi) is 8.87. The van der Waals surface area contributed by atoms with E-state index in [-0.39, 0.29) is 12.4 Å². The standard InChI is InChI=1S/C28H28N3O8P/c1-4-28(16-15-24(38-28)31-17-20(2)25(32)29-27(31)34)19-37-40(35,39-23-13-9-6-10-14-23)30-21(3)26(33)36-18-22-11-7-5-8-12-22/h1,5-17,21,24H,18-19H2,2-3H3,(H,30,35)(H,29,32,34)/t21-,24+,28-,40?/m0/s1. The van der Waals surface area contributed by atoms with Gasteiger partial charge in [0.1, 0.15) is 25.0 Å². The normalized spacial score (nSPS) is 20.3. The van der Waals surface area contributed by atoms with E-state index in [2.05, 4.69) is 16.0 Å². The molecule has 0 aliphatic carbocycles. The zero-order chi connectivity index (χ0) is 28.8. The van der Waals surface area contributed by atoms with E-state index in [1.165, 1.54) is 25.3 Å². The number of para-hydroxylation sites is 1. The first-order chi connectivity index (χ1) is 19.1. The van der Waals surface area contributed by atoms with E-state index in [0.29, 0.717) is 5.56 Å². The Hall–Kier alpha value is -4.20. The summed E-state index contributed by atoms with van der Waals surface area (Å²) in [5, 5.41) is 2.60. The molecule has 208 valence electrons. The maximum absolute atomic E-state index is 13.9. The fourth-order valence-electron chi connectivity index (χ4n) is 3.70. The van der Waals surface area contributed by atoms with Gasteiger partial charge in [-0.25, -0.2) is 9.36 Å². The second-order valence-electron chi connectivity index (χ2n) is 9.00. The molecule has 0 fully saturated rings. The molecule has 12 heteroatoms. The minimum Gasteiger partial charge on any atom is -0.460 e. The highest BCUT2D eigenvalue weighted by atomic mass is 31.2. The van der Waals surface area contributed by atoms with Gasteiger partial charge in [-0.15, -0.1) is 6.42 Å². The number of hydrogen-bond donors (Lipinski definition) is 2. The highest BCUT2D eigenvalue weighted by Gasteiger charge is 2.40. The highest BCUT2D eigenvalue weighted by Crippen LogP contribution is 2.46. The molecule has 1 unspecified atom stereocenters. The van der Waals surface area contributed by atoms with Gasteiger partial charge in [0.15, 0.2) is 11.8 Å². The molecule has 4 rings (SSSR count). The number of nitrogens with one attached hydrogen (secondary N) is 2. The summed E-state index contributed by atoms with van der Waals surface area (Å²) in [5.41, 5.74) is -1.67. The lowest BCUT2D eigenvalue weighted by molar-refractivity contribution is -0.146. The lowest BCUT2D eigenvalue weighted by Gasteiger charge is -2.28. The number of carbonyl (C=O) groups is 1. The first kappa shape index (κ1) is 28.8. The molecule has 0 amide bonds. The fraction of sp³-hybridized carbons (Fsp3) is 0.250. The Morgan fingerprint density at radius 3 is 2.55 bits per heavy atom. The quantitative estimate of drug-likeness (QED) is 0.155. The Balaban J connectivity index is 1.48. The highest BCUT2D eigenvalue weighted by molar-refractivity contribution is 7.52. The number of ether oxygens (including phenoxy) is 2. The average Bonchev–Trinajstić information content (AvgIpc) is 3.38. The van der Waals surface area contributed by atoms with Crippen LogP contribution in [0.1, 0.15) is 24.3 Å². The summed E-state index contributed by atoms with van der Waals surface area (Å²) >= 11 is 0. The van der Waals surface area contributed by atoms with Crippen molar-refractivity contribution >= 4 is 13.7 Å². The largest absolute Gasteiger partial charge is 0.460 e. The molecule has 0 radical (unpaired) electrons. The van der Waals surface area contributed by atoms with Crippen molar-refractivity contribution in [3.63, 3.8) is 0 Å². The lowest BCUT2D eigenvalue weighted by atomic mass is 10.1. The minimum atomic E-state index is -4.25. The van der Waals surface area contributed by atoms with Crippen molar-refractivity contribution < 1.29 is 27.9 Å². The summed E-state index contributed by atoms with van der Waals surface area (Å²) in [6.45, 7) is 2.57. The van der Waals surface area contributed by atoms with Gasteiger partial charge in [0.25, 0.3) is 5.56 Å². The van der Waals surface area contributed by atoms with Crippen LogP contribution in [0.15, 0.2) is 88.6 Å². The van der Waals surface area contributed by atoms with Crippen LogP contribution in [-0.4, -0.2) is 33.8 Å². The van der Waals surface area contributed by atoms with Gasteiger partial charge in [-0.2, -0.15) is 5.09 Å². The Labute approximate surface area is 230 Å². The van der Waals surface area contributed by atoms with Crippen LogP contribution in [0.25, 0.3) is 0 Å². The van der Waals surface area contributed by atoms with Crippen LogP contribution in [-0.2, 0) is 30.0 Å². The van der Waals surface area contributed by atoms with Crippen LogP contribution in [0.4, 0.5) is 0 Å². The van der Waals surface area contributed by atoms with E-state index in [1.54, 1.807) is 37.3 Å². The number of aryl methyl sites for hydroxylation is 1. The molecule has 4 atom stereocenters. The van der Waals surface area contributed by atoms with Crippen LogP contribution in [0.2, 0.25) is 0 Å². The maximum Gasteiger partial charge on any atom is 0.459 e. The van der Waals surface area contributed by atoms with E-state index in [4.69, 9.17) is 24.9 Å². The summed E-state index contributed by atoms with van der Waals surface area (Å²) in [5.74, 6) is 1.99. The molecule has 0 saturated heterocycles. The number of terminal acetylenes is 1. The number of aromatic amines is 1. The van der Waals surface area contributed by atoms with Gasteiger partial charge in [-0.1, -0.05) is 54.5 Å². The fourth-order valence-corrected chi connectivity index (χ4v) is 5.22. The molecule has 0 saturated carbocycles.